The van der Waals surface area contributed by atoms with Gasteiger partial charge < -0.3 is 4.42 Å². The summed E-state index contributed by atoms with van der Waals surface area (Å²) >= 11 is 3.52. The Bertz CT molecular complexity index is 537. The molecule has 1 aromatic carbocycles. The molecule has 1 nitrogen and oxygen atoms in total. The average Bonchev–Trinajstić information content (AvgIpc) is 2.72. The first-order chi connectivity index (χ1) is 7.10. The van der Waals surface area contributed by atoms with E-state index >= 15 is 0 Å². The molecule has 1 aliphatic rings. The number of fused-ring (bicyclic) bond motifs is 3. The van der Waals surface area contributed by atoms with Crippen molar-refractivity contribution in [2.24, 2.45) is 0 Å². The maximum atomic E-state index is 5.56. The molecule has 0 radical (unpaired) electrons. The van der Waals surface area contributed by atoms with Crippen LogP contribution in [0.1, 0.15) is 25.0 Å². The van der Waals surface area contributed by atoms with Gasteiger partial charge in [0.1, 0.15) is 5.76 Å². The zero-order chi connectivity index (χ0) is 10.6. The fraction of sp³-hybridized carbons (Fsp3) is 0.231. The summed E-state index contributed by atoms with van der Waals surface area (Å²) in [6.45, 7) is 4.47. The van der Waals surface area contributed by atoms with E-state index in [-0.39, 0.29) is 5.41 Å². The topological polar surface area (TPSA) is 13.1 Å². The van der Waals surface area contributed by atoms with E-state index in [2.05, 4.69) is 54.0 Å². The van der Waals surface area contributed by atoms with Crippen molar-refractivity contribution < 1.29 is 4.42 Å². The van der Waals surface area contributed by atoms with Gasteiger partial charge in [0.2, 0.25) is 0 Å². The van der Waals surface area contributed by atoms with Crippen LogP contribution in [0.4, 0.5) is 0 Å². The van der Waals surface area contributed by atoms with Gasteiger partial charge in [-0.15, -0.1) is 0 Å². The molecule has 0 aliphatic heterocycles. The summed E-state index contributed by atoms with van der Waals surface area (Å²) < 4.78 is 6.69. The Morgan fingerprint density at radius 3 is 2.73 bits per heavy atom. The molecular formula is C13H11BrO. The normalized spacial score (nSPS) is 16.2. The predicted molar refractivity (Wildman–Crippen MR) is 64.0 cm³/mol. The summed E-state index contributed by atoms with van der Waals surface area (Å²) in [4.78, 5) is 0. The number of hydrogen-bond acceptors (Lipinski definition) is 1. The Kier molecular flexibility index (Phi) is 1.70. The number of halogens is 1. The molecule has 3 rings (SSSR count). The highest BCUT2D eigenvalue weighted by molar-refractivity contribution is 9.10. The Morgan fingerprint density at radius 2 is 1.93 bits per heavy atom. The van der Waals surface area contributed by atoms with E-state index in [9.17, 15) is 0 Å². The van der Waals surface area contributed by atoms with Crippen molar-refractivity contribution in [3.8, 4) is 11.3 Å². The van der Waals surface area contributed by atoms with Crippen LogP contribution in [0.15, 0.2) is 39.4 Å². The molecule has 0 atom stereocenters. The van der Waals surface area contributed by atoms with Gasteiger partial charge in [-0.1, -0.05) is 29.8 Å². The van der Waals surface area contributed by atoms with Gasteiger partial charge in [-0.25, -0.2) is 0 Å². The van der Waals surface area contributed by atoms with E-state index in [1.807, 2.05) is 0 Å². The van der Waals surface area contributed by atoms with Crippen molar-refractivity contribution in [1.82, 2.24) is 0 Å². The van der Waals surface area contributed by atoms with E-state index < -0.39 is 0 Å². The highest BCUT2D eigenvalue weighted by Crippen LogP contribution is 2.49. The zero-order valence-electron chi connectivity index (χ0n) is 8.67. The molecule has 0 saturated heterocycles. The number of rotatable bonds is 0. The maximum Gasteiger partial charge on any atom is 0.138 e. The van der Waals surface area contributed by atoms with Gasteiger partial charge in [0.05, 0.1) is 6.26 Å². The first kappa shape index (κ1) is 9.22. The Balaban J connectivity index is 2.39. The van der Waals surface area contributed by atoms with Gasteiger partial charge in [-0.2, -0.15) is 0 Å². The Morgan fingerprint density at radius 1 is 1.13 bits per heavy atom. The third-order valence-electron chi connectivity index (χ3n) is 3.24. The van der Waals surface area contributed by atoms with Crippen molar-refractivity contribution in [2.45, 2.75) is 19.3 Å². The highest BCUT2D eigenvalue weighted by atomic mass is 79.9. The third kappa shape index (κ3) is 1.08. The fourth-order valence-corrected chi connectivity index (χ4v) is 2.75. The van der Waals surface area contributed by atoms with Gasteiger partial charge in [-0.3, -0.25) is 0 Å². The molecule has 76 valence electrons. The maximum absolute atomic E-state index is 5.56. The van der Waals surface area contributed by atoms with E-state index in [0.29, 0.717) is 0 Å². The van der Waals surface area contributed by atoms with E-state index in [1.54, 1.807) is 6.26 Å². The van der Waals surface area contributed by atoms with E-state index in [4.69, 9.17) is 4.42 Å². The molecule has 0 unspecified atom stereocenters. The van der Waals surface area contributed by atoms with Crippen molar-refractivity contribution >= 4 is 15.9 Å². The molecule has 0 bridgehead atoms. The molecule has 1 aliphatic carbocycles. The molecule has 2 heteroatoms. The molecule has 1 heterocycles. The predicted octanol–water partition coefficient (Wildman–Crippen LogP) is 4.35. The smallest absolute Gasteiger partial charge is 0.138 e. The summed E-state index contributed by atoms with van der Waals surface area (Å²) in [5, 5.41) is 0. The summed E-state index contributed by atoms with van der Waals surface area (Å²) in [5.41, 5.74) is 3.91. The van der Waals surface area contributed by atoms with Crippen LogP contribution >= 0.6 is 15.9 Å². The van der Waals surface area contributed by atoms with Gasteiger partial charge in [0.15, 0.2) is 0 Å². The van der Waals surface area contributed by atoms with Gasteiger partial charge in [0.25, 0.3) is 0 Å². The quantitative estimate of drug-likeness (QED) is 0.688. The van der Waals surface area contributed by atoms with Crippen molar-refractivity contribution in [1.29, 1.82) is 0 Å². The molecule has 2 aromatic rings. The van der Waals surface area contributed by atoms with Gasteiger partial charge in [-0.05, 0) is 29.8 Å². The van der Waals surface area contributed by atoms with Crippen LogP contribution in [-0.2, 0) is 5.41 Å². The lowest BCUT2D eigenvalue weighted by molar-refractivity contribution is 0.579. The molecular weight excluding hydrogens is 252 g/mol. The van der Waals surface area contributed by atoms with Crippen molar-refractivity contribution in [3.05, 3.63) is 46.1 Å². The minimum atomic E-state index is 0.0570. The van der Waals surface area contributed by atoms with Crippen LogP contribution in [-0.4, -0.2) is 0 Å². The molecule has 0 spiro atoms. The van der Waals surface area contributed by atoms with Gasteiger partial charge in [0, 0.05) is 21.0 Å². The number of furan rings is 1. The summed E-state index contributed by atoms with van der Waals surface area (Å²) in [7, 11) is 0. The second-order valence-electron chi connectivity index (χ2n) is 4.48. The van der Waals surface area contributed by atoms with E-state index in [0.717, 1.165) is 10.2 Å². The minimum Gasteiger partial charge on any atom is -0.464 e. The Hall–Kier alpha value is -1.02. The van der Waals surface area contributed by atoms with Gasteiger partial charge >= 0.3 is 0 Å². The fourth-order valence-electron chi connectivity index (χ4n) is 2.39. The second-order valence-corrected chi connectivity index (χ2v) is 5.39. The van der Waals surface area contributed by atoms with Crippen LogP contribution in [0.5, 0.6) is 0 Å². The van der Waals surface area contributed by atoms with Crippen LogP contribution in [0, 0.1) is 0 Å². The zero-order valence-corrected chi connectivity index (χ0v) is 10.3. The van der Waals surface area contributed by atoms with E-state index in [1.165, 1.54) is 16.7 Å². The average molecular weight is 263 g/mol. The summed E-state index contributed by atoms with van der Waals surface area (Å²) in [6.07, 6.45) is 1.78. The molecule has 0 amide bonds. The second kappa shape index (κ2) is 2.76. The third-order valence-corrected chi connectivity index (χ3v) is 3.73. The Labute approximate surface area is 97.2 Å². The monoisotopic (exact) mass is 262 g/mol. The largest absolute Gasteiger partial charge is 0.464 e. The SMILES string of the molecule is CC1(C)c2cc(Br)ccc2-c2occc21. The lowest BCUT2D eigenvalue weighted by Gasteiger charge is -2.19. The van der Waals surface area contributed by atoms with Crippen molar-refractivity contribution in [2.75, 3.05) is 0 Å². The molecule has 0 saturated carbocycles. The minimum absolute atomic E-state index is 0.0570. The number of hydrogen-bond donors (Lipinski definition) is 0. The highest BCUT2D eigenvalue weighted by Gasteiger charge is 2.37. The summed E-state index contributed by atoms with van der Waals surface area (Å²) in [5.74, 6) is 1.03. The van der Waals surface area contributed by atoms with Crippen LogP contribution in [0.25, 0.3) is 11.3 Å². The standard InChI is InChI=1S/C13H11BrO/c1-13(2)10-5-6-15-12(10)9-4-3-8(14)7-11(9)13/h3-7H,1-2H3. The molecule has 0 fully saturated rings. The first-order valence-electron chi connectivity index (χ1n) is 4.99. The van der Waals surface area contributed by atoms with Crippen molar-refractivity contribution in [3.63, 3.8) is 0 Å². The van der Waals surface area contributed by atoms with Crippen LogP contribution < -0.4 is 0 Å². The van der Waals surface area contributed by atoms with Crippen LogP contribution in [0.3, 0.4) is 0 Å². The molecule has 15 heavy (non-hydrogen) atoms. The lowest BCUT2D eigenvalue weighted by atomic mass is 9.83. The lowest BCUT2D eigenvalue weighted by Crippen LogP contribution is -2.14. The molecule has 1 aromatic heterocycles. The van der Waals surface area contributed by atoms with Crippen LogP contribution in [0.2, 0.25) is 0 Å². The molecule has 0 N–H and O–H groups in total. The first-order valence-corrected chi connectivity index (χ1v) is 5.78. The number of benzene rings is 1. The summed E-state index contributed by atoms with van der Waals surface area (Å²) in [6, 6.07) is 8.44.